The Morgan fingerprint density at radius 3 is 1.81 bits per heavy atom. The number of carboxylic acid groups (broad SMARTS) is 1. The molecule has 0 aliphatic rings. The first-order valence-corrected chi connectivity index (χ1v) is 8.01. The van der Waals surface area contributed by atoms with Gasteiger partial charge < -0.3 is 14.8 Å². The van der Waals surface area contributed by atoms with Gasteiger partial charge in [0.15, 0.2) is 0 Å². The Morgan fingerprint density at radius 2 is 1.33 bits per heavy atom. The smallest absolute Gasteiger partial charge is 0.550 e. The summed E-state index contributed by atoms with van der Waals surface area (Å²) in [5, 5.41) is 10.3. The van der Waals surface area contributed by atoms with E-state index < -0.39 is 5.97 Å². The molecule has 1 amide bonds. The molecule has 0 saturated heterocycles. The van der Waals surface area contributed by atoms with Crippen LogP contribution in [0.15, 0.2) is 0 Å². The number of hydrogen-bond donors (Lipinski definition) is 0. The van der Waals surface area contributed by atoms with Gasteiger partial charge in [-0.3, -0.25) is 4.79 Å². The van der Waals surface area contributed by atoms with E-state index in [2.05, 4.69) is 6.92 Å². The minimum atomic E-state index is -1.10. The van der Waals surface area contributed by atoms with E-state index in [1.54, 1.807) is 7.05 Å². The van der Waals surface area contributed by atoms with Crippen molar-refractivity contribution in [2.75, 3.05) is 13.6 Å². The van der Waals surface area contributed by atoms with Crippen molar-refractivity contribution in [3.8, 4) is 0 Å². The van der Waals surface area contributed by atoms with Gasteiger partial charge in [0.05, 0.1) is 0 Å². The molecule has 4 nitrogen and oxygen atoms in total. The second-order valence-corrected chi connectivity index (χ2v) is 5.52. The Hall–Kier alpha value is -0.463. The Balaban J connectivity index is 0. The molecule has 0 atom stereocenters. The molecule has 0 aromatic heterocycles. The number of rotatable bonds is 13. The number of nitrogens with zero attached hydrogens (tertiary/aromatic N) is 1. The summed E-state index contributed by atoms with van der Waals surface area (Å²) in [4.78, 5) is 23.5. The molecule has 0 bridgehead atoms. The van der Waals surface area contributed by atoms with E-state index >= 15 is 0 Å². The van der Waals surface area contributed by atoms with Crippen LogP contribution < -0.4 is 24.0 Å². The van der Waals surface area contributed by atoms with Crippen molar-refractivity contribution in [3.05, 3.63) is 0 Å². The van der Waals surface area contributed by atoms with Crippen LogP contribution in [0.25, 0.3) is 0 Å². The van der Waals surface area contributed by atoms with E-state index in [-0.39, 0.29) is 37.7 Å². The normalized spacial score (nSPS) is 10.0. The molecule has 0 aliphatic carbocycles. The predicted molar refractivity (Wildman–Crippen MR) is 79.1 cm³/mol. The standard InChI is InChI=1S/C16H31NO3.Li/c1-3-4-5-6-7-8-9-10-11-12-15(18)17(2)14-13-16(19)20;/h3-14H2,1-2H3,(H,19,20);/q;+1/p-1. The van der Waals surface area contributed by atoms with Gasteiger partial charge in [0.25, 0.3) is 0 Å². The van der Waals surface area contributed by atoms with E-state index in [1.165, 1.54) is 49.8 Å². The number of carbonyl (C=O) groups is 2. The number of aliphatic carboxylic acids is 1. The van der Waals surface area contributed by atoms with E-state index in [1.807, 2.05) is 0 Å². The maximum absolute atomic E-state index is 11.7. The van der Waals surface area contributed by atoms with E-state index in [0.29, 0.717) is 6.42 Å². The van der Waals surface area contributed by atoms with Crippen molar-refractivity contribution in [2.45, 2.75) is 77.6 Å². The average Bonchev–Trinajstić information content (AvgIpc) is 2.42. The van der Waals surface area contributed by atoms with Crippen LogP contribution in [0, 0.1) is 0 Å². The molecule has 0 rings (SSSR count). The fraction of sp³-hybridized carbons (Fsp3) is 0.875. The third-order valence-electron chi connectivity index (χ3n) is 3.57. The summed E-state index contributed by atoms with van der Waals surface area (Å²) in [6, 6.07) is 0. The van der Waals surface area contributed by atoms with Crippen LogP contribution in [-0.2, 0) is 9.59 Å². The topological polar surface area (TPSA) is 60.4 Å². The average molecular weight is 291 g/mol. The van der Waals surface area contributed by atoms with Crippen LogP contribution in [-0.4, -0.2) is 30.4 Å². The van der Waals surface area contributed by atoms with Gasteiger partial charge in [-0.25, -0.2) is 0 Å². The maximum atomic E-state index is 11.7. The SMILES string of the molecule is CCCCCCCCCCCC(=O)N(C)CCC(=O)[O-].[Li+]. The molecule has 0 heterocycles. The second kappa shape index (κ2) is 15.9. The molecule has 0 unspecified atom stereocenters. The van der Waals surface area contributed by atoms with Crippen LogP contribution >= 0.6 is 0 Å². The van der Waals surface area contributed by atoms with Crippen LogP contribution in [0.3, 0.4) is 0 Å². The summed E-state index contributed by atoms with van der Waals surface area (Å²) in [5.74, 6) is -1.07. The first-order chi connectivity index (χ1) is 9.57. The summed E-state index contributed by atoms with van der Waals surface area (Å²) < 4.78 is 0. The third-order valence-corrected chi connectivity index (χ3v) is 3.57. The zero-order valence-electron chi connectivity index (χ0n) is 14.2. The summed E-state index contributed by atoms with van der Waals surface area (Å²) in [6.07, 6.45) is 11.5. The predicted octanol–water partition coefficient (Wildman–Crippen LogP) is -0.490. The Morgan fingerprint density at radius 1 is 0.857 bits per heavy atom. The Bertz CT molecular complexity index is 272. The molecule has 0 radical (unpaired) electrons. The van der Waals surface area contributed by atoms with Gasteiger partial charge in [0.2, 0.25) is 5.91 Å². The van der Waals surface area contributed by atoms with Crippen molar-refractivity contribution < 1.29 is 33.6 Å². The largest absolute Gasteiger partial charge is 1.00 e. The van der Waals surface area contributed by atoms with E-state index in [0.717, 1.165) is 12.8 Å². The summed E-state index contributed by atoms with van der Waals surface area (Å²) in [6.45, 7) is 2.47. The number of carboxylic acids is 1. The quantitative estimate of drug-likeness (QED) is 0.340. The van der Waals surface area contributed by atoms with Crippen LogP contribution in [0.1, 0.15) is 77.6 Å². The van der Waals surface area contributed by atoms with Crippen molar-refractivity contribution in [1.82, 2.24) is 4.90 Å². The summed E-state index contributed by atoms with van der Waals surface area (Å²) in [7, 11) is 1.65. The van der Waals surface area contributed by atoms with Crippen LogP contribution in [0.4, 0.5) is 0 Å². The number of hydrogen-bond acceptors (Lipinski definition) is 3. The fourth-order valence-corrected chi connectivity index (χ4v) is 2.16. The molecule has 0 aromatic carbocycles. The molecule has 0 spiro atoms. The molecule has 0 fully saturated rings. The van der Waals surface area contributed by atoms with Gasteiger partial charge in [-0.1, -0.05) is 58.3 Å². The molecule has 0 aromatic rings. The van der Waals surface area contributed by atoms with Gasteiger partial charge in [-0.05, 0) is 6.42 Å². The van der Waals surface area contributed by atoms with Crippen molar-refractivity contribution in [1.29, 1.82) is 0 Å². The number of carbonyl (C=O) groups excluding carboxylic acids is 2. The van der Waals surface area contributed by atoms with Gasteiger partial charge >= 0.3 is 18.9 Å². The fourth-order valence-electron chi connectivity index (χ4n) is 2.16. The molecule has 118 valence electrons. The minimum Gasteiger partial charge on any atom is -0.550 e. The minimum absolute atomic E-state index is 0. The Kier molecular flexibility index (Phi) is 17.3. The zero-order valence-corrected chi connectivity index (χ0v) is 14.2. The molecule has 21 heavy (non-hydrogen) atoms. The summed E-state index contributed by atoms with van der Waals surface area (Å²) >= 11 is 0. The monoisotopic (exact) mass is 291 g/mol. The number of amides is 1. The molecule has 0 saturated carbocycles. The molecule has 0 aliphatic heterocycles. The molecular formula is C16H30LiNO3. The number of unbranched alkanes of at least 4 members (excludes halogenated alkanes) is 8. The van der Waals surface area contributed by atoms with Crippen LogP contribution in [0.5, 0.6) is 0 Å². The Labute approximate surface area is 141 Å². The summed E-state index contributed by atoms with van der Waals surface area (Å²) in [5.41, 5.74) is 0. The van der Waals surface area contributed by atoms with Crippen LogP contribution in [0.2, 0.25) is 0 Å². The first kappa shape index (κ1) is 22.8. The van der Waals surface area contributed by atoms with E-state index in [4.69, 9.17) is 0 Å². The third kappa shape index (κ3) is 15.7. The van der Waals surface area contributed by atoms with Gasteiger partial charge in [0, 0.05) is 32.4 Å². The molecular weight excluding hydrogens is 261 g/mol. The maximum Gasteiger partial charge on any atom is 1.00 e. The van der Waals surface area contributed by atoms with Gasteiger partial charge in [-0.15, -0.1) is 0 Å². The van der Waals surface area contributed by atoms with Gasteiger partial charge in [0.1, 0.15) is 0 Å². The second-order valence-electron chi connectivity index (χ2n) is 5.52. The van der Waals surface area contributed by atoms with Crippen molar-refractivity contribution in [2.24, 2.45) is 0 Å². The molecule has 0 N–H and O–H groups in total. The van der Waals surface area contributed by atoms with Gasteiger partial charge in [-0.2, -0.15) is 0 Å². The van der Waals surface area contributed by atoms with Crippen molar-refractivity contribution >= 4 is 11.9 Å². The molecule has 5 heteroatoms. The zero-order chi connectivity index (χ0) is 15.2. The first-order valence-electron chi connectivity index (χ1n) is 8.01. The van der Waals surface area contributed by atoms with Crippen molar-refractivity contribution in [3.63, 3.8) is 0 Å². The van der Waals surface area contributed by atoms with E-state index in [9.17, 15) is 14.7 Å².